The van der Waals surface area contributed by atoms with Gasteiger partial charge in [0.1, 0.15) is 19.7 Å². The number of carbonyl (C=O) groups excluding carboxylic acids is 1. The van der Waals surface area contributed by atoms with E-state index in [1.807, 2.05) is 18.2 Å². The Labute approximate surface area is 136 Å². The number of likely N-dealkylation sites (N-methyl/N-ethyl adjacent to an activating group) is 1. The summed E-state index contributed by atoms with van der Waals surface area (Å²) < 4.78 is 6.11. The molecule has 0 radical (unpaired) electrons. The average Bonchev–Trinajstić information content (AvgIpc) is 2.48. The SMILES string of the molecule is C[N+](C)(CCOC(=O)c1ccc(Cl)cc1)Cc1ccccc1. The molecule has 0 saturated carbocycles. The van der Waals surface area contributed by atoms with Crippen molar-refractivity contribution in [2.45, 2.75) is 6.54 Å². The van der Waals surface area contributed by atoms with Crippen molar-refractivity contribution in [2.75, 3.05) is 27.2 Å². The molecule has 0 aliphatic heterocycles. The van der Waals surface area contributed by atoms with Crippen molar-refractivity contribution < 1.29 is 14.0 Å². The van der Waals surface area contributed by atoms with Gasteiger partial charge in [0.05, 0.1) is 19.7 Å². The molecule has 0 amide bonds. The zero-order chi connectivity index (χ0) is 16.0. The van der Waals surface area contributed by atoms with Gasteiger partial charge in [-0.1, -0.05) is 41.9 Å². The third-order valence-corrected chi connectivity index (χ3v) is 3.72. The van der Waals surface area contributed by atoms with E-state index >= 15 is 0 Å². The molecule has 0 fully saturated rings. The van der Waals surface area contributed by atoms with E-state index in [2.05, 4.69) is 26.2 Å². The molecule has 0 spiro atoms. The van der Waals surface area contributed by atoms with Gasteiger partial charge in [0, 0.05) is 10.6 Å². The van der Waals surface area contributed by atoms with Crippen molar-refractivity contribution in [3.63, 3.8) is 0 Å². The Bertz CT molecular complexity index is 609. The number of rotatable bonds is 6. The van der Waals surface area contributed by atoms with Crippen molar-refractivity contribution in [3.8, 4) is 0 Å². The van der Waals surface area contributed by atoms with Gasteiger partial charge in [-0.3, -0.25) is 0 Å². The molecule has 0 saturated heterocycles. The molecule has 0 aliphatic rings. The molecular weight excluding hydrogens is 298 g/mol. The zero-order valence-corrected chi connectivity index (χ0v) is 13.7. The summed E-state index contributed by atoms with van der Waals surface area (Å²) in [4.78, 5) is 11.9. The molecule has 0 N–H and O–H groups in total. The fourth-order valence-electron chi connectivity index (χ4n) is 2.21. The third kappa shape index (κ3) is 5.17. The molecule has 0 aromatic heterocycles. The smallest absolute Gasteiger partial charge is 0.338 e. The quantitative estimate of drug-likeness (QED) is 0.598. The Kier molecular flexibility index (Phi) is 5.58. The summed E-state index contributed by atoms with van der Waals surface area (Å²) >= 11 is 5.80. The first kappa shape index (κ1) is 16.5. The predicted octanol–water partition coefficient (Wildman–Crippen LogP) is 3.77. The molecule has 0 bridgehead atoms. The maximum Gasteiger partial charge on any atom is 0.338 e. The summed E-state index contributed by atoms with van der Waals surface area (Å²) in [6.45, 7) is 2.05. The van der Waals surface area contributed by atoms with Gasteiger partial charge in [-0.05, 0) is 24.3 Å². The van der Waals surface area contributed by atoms with Crippen LogP contribution in [0.5, 0.6) is 0 Å². The minimum atomic E-state index is -0.309. The third-order valence-electron chi connectivity index (χ3n) is 3.46. The van der Waals surface area contributed by atoms with Crippen molar-refractivity contribution in [1.29, 1.82) is 0 Å². The summed E-state index contributed by atoms with van der Waals surface area (Å²) in [6.07, 6.45) is 0. The first-order chi connectivity index (χ1) is 10.5. The van der Waals surface area contributed by atoms with Crippen molar-refractivity contribution in [1.82, 2.24) is 0 Å². The van der Waals surface area contributed by atoms with Gasteiger partial charge < -0.3 is 9.22 Å². The Morgan fingerprint density at radius 1 is 1.05 bits per heavy atom. The Hall–Kier alpha value is -1.84. The van der Waals surface area contributed by atoms with E-state index < -0.39 is 0 Å². The largest absolute Gasteiger partial charge is 0.456 e. The Morgan fingerprint density at radius 3 is 2.32 bits per heavy atom. The predicted molar refractivity (Wildman–Crippen MR) is 88.9 cm³/mol. The standard InChI is InChI=1S/C18H21ClNO2/c1-20(2,14-15-6-4-3-5-7-15)12-13-22-18(21)16-8-10-17(19)11-9-16/h3-11H,12-14H2,1-2H3/q+1. The minimum Gasteiger partial charge on any atom is -0.456 e. The van der Waals surface area contributed by atoms with Crippen LogP contribution in [0.25, 0.3) is 0 Å². The summed E-state index contributed by atoms with van der Waals surface area (Å²) in [5, 5.41) is 0.609. The molecule has 3 nitrogen and oxygen atoms in total. The highest BCUT2D eigenvalue weighted by atomic mass is 35.5. The van der Waals surface area contributed by atoms with Crippen LogP contribution in [0.4, 0.5) is 0 Å². The summed E-state index contributed by atoms with van der Waals surface area (Å²) in [7, 11) is 4.26. The monoisotopic (exact) mass is 318 g/mol. The van der Waals surface area contributed by atoms with E-state index in [0.717, 1.165) is 17.6 Å². The van der Waals surface area contributed by atoms with Crippen LogP contribution in [0.15, 0.2) is 54.6 Å². The van der Waals surface area contributed by atoms with E-state index in [4.69, 9.17) is 16.3 Å². The van der Waals surface area contributed by atoms with Crippen LogP contribution in [0.2, 0.25) is 5.02 Å². The molecular formula is C18H21ClNO2+. The number of quaternary nitrogens is 1. The Morgan fingerprint density at radius 2 is 1.68 bits per heavy atom. The molecule has 4 heteroatoms. The lowest BCUT2D eigenvalue weighted by Crippen LogP contribution is -2.41. The van der Waals surface area contributed by atoms with Crippen LogP contribution < -0.4 is 0 Å². The number of ether oxygens (including phenoxy) is 1. The fraction of sp³-hybridized carbons (Fsp3) is 0.278. The zero-order valence-electron chi connectivity index (χ0n) is 13.0. The van der Waals surface area contributed by atoms with Crippen LogP contribution in [0, 0.1) is 0 Å². The molecule has 0 heterocycles. The van der Waals surface area contributed by atoms with Gasteiger partial charge in [-0.15, -0.1) is 0 Å². The highest BCUT2D eigenvalue weighted by Gasteiger charge is 2.17. The van der Waals surface area contributed by atoms with E-state index in [1.54, 1.807) is 24.3 Å². The number of carbonyl (C=O) groups is 1. The average molecular weight is 319 g/mol. The van der Waals surface area contributed by atoms with E-state index in [9.17, 15) is 4.79 Å². The number of hydrogen-bond acceptors (Lipinski definition) is 2. The van der Waals surface area contributed by atoms with Gasteiger partial charge in [0.15, 0.2) is 0 Å². The van der Waals surface area contributed by atoms with Gasteiger partial charge in [-0.2, -0.15) is 0 Å². The number of benzene rings is 2. The second kappa shape index (κ2) is 7.43. The lowest BCUT2D eigenvalue weighted by atomic mass is 10.2. The van der Waals surface area contributed by atoms with Crippen molar-refractivity contribution in [3.05, 3.63) is 70.7 Å². The first-order valence-electron chi connectivity index (χ1n) is 7.25. The second-order valence-corrected chi connectivity index (χ2v) is 6.38. The molecule has 116 valence electrons. The first-order valence-corrected chi connectivity index (χ1v) is 7.63. The molecule has 2 rings (SSSR count). The summed E-state index contributed by atoms with van der Waals surface area (Å²) in [5.74, 6) is -0.309. The number of nitrogens with zero attached hydrogens (tertiary/aromatic N) is 1. The van der Waals surface area contributed by atoms with Crippen LogP contribution in [0.3, 0.4) is 0 Å². The topological polar surface area (TPSA) is 26.3 Å². The highest BCUT2D eigenvalue weighted by molar-refractivity contribution is 6.30. The van der Waals surface area contributed by atoms with Crippen molar-refractivity contribution >= 4 is 17.6 Å². The molecule has 0 aliphatic carbocycles. The highest BCUT2D eigenvalue weighted by Crippen LogP contribution is 2.11. The molecule has 2 aromatic carbocycles. The molecule has 2 aromatic rings. The molecule has 0 atom stereocenters. The van der Waals surface area contributed by atoms with Crippen LogP contribution >= 0.6 is 11.6 Å². The van der Waals surface area contributed by atoms with Crippen LogP contribution in [0.1, 0.15) is 15.9 Å². The molecule has 22 heavy (non-hydrogen) atoms. The van der Waals surface area contributed by atoms with E-state index in [-0.39, 0.29) is 5.97 Å². The summed E-state index contributed by atoms with van der Waals surface area (Å²) in [6, 6.07) is 17.0. The lowest BCUT2D eigenvalue weighted by Gasteiger charge is -2.29. The second-order valence-electron chi connectivity index (χ2n) is 5.95. The summed E-state index contributed by atoms with van der Waals surface area (Å²) in [5.41, 5.74) is 1.80. The number of halogens is 1. The van der Waals surface area contributed by atoms with E-state index in [0.29, 0.717) is 17.2 Å². The maximum atomic E-state index is 11.9. The minimum absolute atomic E-state index is 0.309. The lowest BCUT2D eigenvalue weighted by molar-refractivity contribution is -0.903. The Balaban J connectivity index is 1.82. The van der Waals surface area contributed by atoms with Gasteiger partial charge in [0.25, 0.3) is 0 Å². The van der Waals surface area contributed by atoms with Crippen molar-refractivity contribution in [2.24, 2.45) is 0 Å². The van der Waals surface area contributed by atoms with Crippen LogP contribution in [-0.4, -0.2) is 37.7 Å². The van der Waals surface area contributed by atoms with Gasteiger partial charge in [-0.25, -0.2) is 4.79 Å². The maximum absolute atomic E-state index is 11.9. The van der Waals surface area contributed by atoms with Gasteiger partial charge >= 0.3 is 5.97 Å². The molecule has 0 unspecified atom stereocenters. The van der Waals surface area contributed by atoms with Crippen LogP contribution in [-0.2, 0) is 11.3 Å². The number of esters is 1. The fourth-order valence-corrected chi connectivity index (χ4v) is 2.34. The van der Waals surface area contributed by atoms with Gasteiger partial charge in [0.2, 0.25) is 0 Å². The normalized spacial score (nSPS) is 11.2. The van der Waals surface area contributed by atoms with E-state index in [1.165, 1.54) is 5.56 Å². The number of hydrogen-bond donors (Lipinski definition) is 0.